The normalized spacial score (nSPS) is 10.4. The Balaban J connectivity index is 2.02. The number of anilines is 1. The summed E-state index contributed by atoms with van der Waals surface area (Å²) in [6.45, 7) is 5.60. The van der Waals surface area contributed by atoms with Gasteiger partial charge in [0, 0.05) is 26.2 Å². The van der Waals surface area contributed by atoms with Gasteiger partial charge in [0.2, 0.25) is 0 Å². The van der Waals surface area contributed by atoms with Gasteiger partial charge in [0.25, 0.3) is 5.91 Å². The number of rotatable bonds is 7. The van der Waals surface area contributed by atoms with E-state index in [1.165, 1.54) is 17.5 Å². The average Bonchev–Trinajstić information content (AvgIpc) is 2.58. The molecule has 0 radical (unpaired) electrons. The van der Waals surface area contributed by atoms with Gasteiger partial charge in [-0.1, -0.05) is 37.6 Å². The monoisotopic (exact) mass is 312 g/mol. The smallest absolute Gasteiger partial charge is 0.272 e. The third-order valence-electron chi connectivity index (χ3n) is 3.80. The summed E-state index contributed by atoms with van der Waals surface area (Å²) >= 11 is 0. The second-order valence-electron chi connectivity index (χ2n) is 5.65. The Morgan fingerprint density at radius 2 is 2.04 bits per heavy atom. The number of nitrogens with one attached hydrogen (secondary N) is 1. The van der Waals surface area contributed by atoms with Gasteiger partial charge in [0.15, 0.2) is 0 Å². The van der Waals surface area contributed by atoms with E-state index in [9.17, 15) is 4.79 Å². The number of nitrogens with zero attached hydrogens (tertiary/aromatic N) is 3. The number of carbonyl (C=O) groups excluding carboxylic acids is 1. The van der Waals surface area contributed by atoms with E-state index in [2.05, 4.69) is 41.3 Å². The fraction of sp³-hybridized carbons (Fsp3) is 0.389. The van der Waals surface area contributed by atoms with Crippen molar-refractivity contribution in [2.75, 3.05) is 18.9 Å². The first-order valence-corrected chi connectivity index (χ1v) is 7.97. The molecule has 0 fully saturated rings. The summed E-state index contributed by atoms with van der Waals surface area (Å²) < 4.78 is 0. The van der Waals surface area contributed by atoms with Crippen LogP contribution in [0.3, 0.4) is 0 Å². The number of amides is 1. The molecule has 0 unspecified atom stereocenters. The summed E-state index contributed by atoms with van der Waals surface area (Å²) in [6, 6.07) is 9.90. The number of benzene rings is 1. The van der Waals surface area contributed by atoms with Gasteiger partial charge in [0.1, 0.15) is 17.8 Å². The van der Waals surface area contributed by atoms with Crippen LogP contribution < -0.4 is 5.32 Å². The molecule has 122 valence electrons. The largest absolute Gasteiger partial charge is 0.366 e. The van der Waals surface area contributed by atoms with Crippen molar-refractivity contribution in [3.63, 3.8) is 0 Å². The minimum Gasteiger partial charge on any atom is -0.366 e. The molecule has 0 aliphatic heterocycles. The van der Waals surface area contributed by atoms with Crippen molar-refractivity contribution in [1.29, 1.82) is 0 Å². The minimum atomic E-state index is -0.0696. The lowest BCUT2D eigenvalue weighted by atomic mass is 10.1. The predicted octanol–water partition coefficient (Wildman–Crippen LogP) is 3.27. The highest BCUT2D eigenvalue weighted by molar-refractivity contribution is 5.92. The third kappa shape index (κ3) is 4.77. The van der Waals surface area contributed by atoms with Gasteiger partial charge >= 0.3 is 0 Å². The molecule has 0 aliphatic carbocycles. The average molecular weight is 312 g/mol. The Labute approximate surface area is 137 Å². The summed E-state index contributed by atoms with van der Waals surface area (Å²) in [5, 5.41) is 3.26. The first kappa shape index (κ1) is 16.9. The Morgan fingerprint density at radius 3 is 2.78 bits per heavy atom. The Morgan fingerprint density at radius 1 is 1.26 bits per heavy atom. The Kier molecular flexibility index (Phi) is 6.09. The van der Waals surface area contributed by atoms with Crippen molar-refractivity contribution in [2.45, 2.75) is 33.2 Å². The number of hydrogen-bond donors (Lipinski definition) is 1. The molecule has 1 N–H and O–H groups in total. The van der Waals surface area contributed by atoms with Crippen LogP contribution in [0.15, 0.2) is 36.7 Å². The van der Waals surface area contributed by atoms with Crippen LogP contribution in [0, 0.1) is 6.92 Å². The van der Waals surface area contributed by atoms with Crippen molar-refractivity contribution in [3.05, 3.63) is 53.5 Å². The van der Waals surface area contributed by atoms with Gasteiger partial charge in [-0.05, 0) is 24.5 Å². The molecule has 0 spiro atoms. The molecular weight excluding hydrogens is 288 g/mol. The van der Waals surface area contributed by atoms with E-state index in [1.807, 2.05) is 12.1 Å². The number of carbonyl (C=O) groups is 1. The van der Waals surface area contributed by atoms with E-state index in [0.717, 1.165) is 19.4 Å². The van der Waals surface area contributed by atoms with Gasteiger partial charge in [-0.2, -0.15) is 0 Å². The van der Waals surface area contributed by atoms with Crippen molar-refractivity contribution in [2.24, 2.45) is 0 Å². The first-order valence-electron chi connectivity index (χ1n) is 7.97. The zero-order valence-electron chi connectivity index (χ0n) is 14.0. The highest BCUT2D eigenvalue weighted by atomic mass is 16.2. The van der Waals surface area contributed by atoms with Crippen LogP contribution >= 0.6 is 0 Å². The molecule has 1 aromatic carbocycles. The molecular formula is C18H24N4O. The number of aromatic nitrogens is 2. The molecule has 1 heterocycles. The van der Waals surface area contributed by atoms with E-state index in [4.69, 9.17) is 0 Å². The van der Waals surface area contributed by atoms with E-state index in [-0.39, 0.29) is 5.91 Å². The lowest BCUT2D eigenvalue weighted by Crippen LogP contribution is -2.28. The summed E-state index contributed by atoms with van der Waals surface area (Å²) in [7, 11) is 1.81. The summed E-state index contributed by atoms with van der Waals surface area (Å²) in [6.07, 6.45) is 3.48. The molecule has 5 heteroatoms. The molecule has 2 aromatic rings. The molecule has 23 heavy (non-hydrogen) atoms. The maximum Gasteiger partial charge on any atom is 0.272 e. The van der Waals surface area contributed by atoms with Crippen molar-refractivity contribution in [3.8, 4) is 0 Å². The van der Waals surface area contributed by atoms with Gasteiger partial charge in [0.05, 0.1) is 0 Å². The van der Waals surface area contributed by atoms with Crippen LogP contribution in [0.1, 0.15) is 41.4 Å². The van der Waals surface area contributed by atoms with E-state index in [1.54, 1.807) is 18.0 Å². The number of hydrogen-bond acceptors (Lipinski definition) is 4. The van der Waals surface area contributed by atoms with Gasteiger partial charge in [-0.15, -0.1) is 0 Å². The third-order valence-corrected chi connectivity index (χ3v) is 3.80. The second-order valence-corrected chi connectivity index (χ2v) is 5.65. The van der Waals surface area contributed by atoms with E-state index in [0.29, 0.717) is 18.1 Å². The summed E-state index contributed by atoms with van der Waals surface area (Å²) in [4.78, 5) is 22.3. The minimum absolute atomic E-state index is 0.0696. The van der Waals surface area contributed by atoms with Gasteiger partial charge in [-0.3, -0.25) is 4.79 Å². The topological polar surface area (TPSA) is 58.1 Å². The SMILES string of the molecule is CCCCN(C)C(=O)c1cc(NCc2ccccc2C)ncn1. The quantitative estimate of drug-likeness (QED) is 0.852. The molecule has 1 aromatic heterocycles. The predicted molar refractivity (Wildman–Crippen MR) is 92.4 cm³/mol. The lowest BCUT2D eigenvalue weighted by molar-refractivity contribution is 0.0787. The number of unbranched alkanes of at least 4 members (excludes halogenated alkanes) is 1. The maximum atomic E-state index is 12.3. The van der Waals surface area contributed by atoms with Crippen LogP contribution in [0.2, 0.25) is 0 Å². The molecule has 2 rings (SSSR count). The van der Waals surface area contributed by atoms with Crippen LogP contribution in [0.5, 0.6) is 0 Å². The number of aryl methyl sites for hydroxylation is 1. The van der Waals surface area contributed by atoms with E-state index < -0.39 is 0 Å². The molecule has 0 aliphatic rings. The molecule has 0 saturated heterocycles. The Bertz CT molecular complexity index is 657. The van der Waals surface area contributed by atoms with Crippen molar-refractivity contribution >= 4 is 11.7 Å². The molecule has 0 bridgehead atoms. The fourth-order valence-electron chi connectivity index (χ4n) is 2.26. The van der Waals surface area contributed by atoms with Crippen LogP contribution in [-0.2, 0) is 6.54 Å². The van der Waals surface area contributed by atoms with Gasteiger partial charge < -0.3 is 10.2 Å². The van der Waals surface area contributed by atoms with Gasteiger partial charge in [-0.25, -0.2) is 9.97 Å². The van der Waals surface area contributed by atoms with E-state index >= 15 is 0 Å². The molecule has 0 atom stereocenters. The first-order chi connectivity index (χ1) is 11.1. The highest BCUT2D eigenvalue weighted by Gasteiger charge is 2.13. The van der Waals surface area contributed by atoms with Crippen LogP contribution in [0.25, 0.3) is 0 Å². The second kappa shape index (κ2) is 8.27. The standard InChI is InChI=1S/C18H24N4O/c1-4-5-10-22(3)18(23)16-11-17(21-13-20-16)19-12-15-9-7-6-8-14(15)2/h6-9,11,13H,4-5,10,12H2,1-3H3,(H,19,20,21). The summed E-state index contributed by atoms with van der Waals surface area (Å²) in [5.74, 6) is 0.593. The maximum absolute atomic E-state index is 12.3. The molecule has 5 nitrogen and oxygen atoms in total. The molecule has 1 amide bonds. The van der Waals surface area contributed by atoms with Crippen molar-refractivity contribution < 1.29 is 4.79 Å². The zero-order valence-corrected chi connectivity index (χ0v) is 14.0. The Hall–Kier alpha value is -2.43. The fourth-order valence-corrected chi connectivity index (χ4v) is 2.26. The zero-order chi connectivity index (χ0) is 16.7. The highest BCUT2D eigenvalue weighted by Crippen LogP contribution is 2.11. The van der Waals surface area contributed by atoms with Crippen molar-refractivity contribution in [1.82, 2.24) is 14.9 Å². The van der Waals surface area contributed by atoms with Crippen LogP contribution in [0.4, 0.5) is 5.82 Å². The van der Waals surface area contributed by atoms with Crippen LogP contribution in [-0.4, -0.2) is 34.4 Å². The lowest BCUT2D eigenvalue weighted by Gasteiger charge is -2.16. The molecule has 0 saturated carbocycles. The summed E-state index contributed by atoms with van der Waals surface area (Å²) in [5.41, 5.74) is 2.86.